The van der Waals surface area contributed by atoms with Gasteiger partial charge in [0.2, 0.25) is 5.91 Å². The van der Waals surface area contributed by atoms with Gasteiger partial charge in [-0.05, 0) is 18.1 Å². The number of carbonyl (C=O) groups excluding carboxylic acids is 3. The molecule has 1 aromatic rings. The van der Waals surface area contributed by atoms with Gasteiger partial charge < -0.3 is 15.2 Å². The van der Waals surface area contributed by atoms with E-state index in [4.69, 9.17) is 9.84 Å². The van der Waals surface area contributed by atoms with Crippen LogP contribution in [0.1, 0.15) is 12.5 Å². The highest BCUT2D eigenvalue weighted by atomic mass is 32.2. The number of carbonyl (C=O) groups is 3. The third-order valence-electron chi connectivity index (χ3n) is 4.59. The number of β-lactam (4-membered cyclic amide) rings is 1. The summed E-state index contributed by atoms with van der Waals surface area (Å²) in [5, 5.41) is 11.5. The van der Waals surface area contributed by atoms with Crippen molar-refractivity contribution in [2.24, 2.45) is 0 Å². The van der Waals surface area contributed by atoms with Crippen molar-refractivity contribution in [2.45, 2.75) is 24.8 Å². The molecule has 7 nitrogen and oxygen atoms in total. The third-order valence-corrected chi connectivity index (χ3v) is 6.95. The fraction of sp³-hybridized carbons (Fsp3) is 0.381. The fourth-order valence-corrected chi connectivity index (χ4v) is 5.47. The topological polar surface area (TPSA) is 95.9 Å². The molecule has 0 spiro atoms. The van der Waals surface area contributed by atoms with Crippen molar-refractivity contribution in [3.8, 4) is 0 Å². The van der Waals surface area contributed by atoms with Crippen LogP contribution in [0.4, 0.5) is 0 Å². The molecule has 2 aliphatic heterocycles. The molecule has 30 heavy (non-hydrogen) atoms. The molecule has 0 aromatic heterocycles. The summed E-state index contributed by atoms with van der Waals surface area (Å²) in [6.07, 6.45) is 3.07. The van der Waals surface area contributed by atoms with E-state index in [1.807, 2.05) is 30.3 Å². The van der Waals surface area contributed by atoms with Crippen LogP contribution in [0, 0.1) is 0 Å². The van der Waals surface area contributed by atoms with Crippen molar-refractivity contribution in [1.29, 1.82) is 0 Å². The Morgan fingerprint density at radius 2 is 2.13 bits per heavy atom. The SMILES string of the molecule is C/C=C/OC(=O)C1=C(CSCCO)CSC2C(NC(=O)Cc3ccccc3)C(=O)N12. The van der Waals surface area contributed by atoms with Crippen LogP contribution in [0.5, 0.6) is 0 Å². The fourth-order valence-electron chi connectivity index (χ4n) is 3.23. The van der Waals surface area contributed by atoms with Gasteiger partial charge in [0.1, 0.15) is 17.1 Å². The lowest BCUT2D eigenvalue weighted by Crippen LogP contribution is -2.70. The number of fused-ring (bicyclic) bond motifs is 1. The number of aliphatic hydroxyl groups excluding tert-OH is 1. The lowest BCUT2D eigenvalue weighted by atomic mass is 10.0. The Labute approximate surface area is 183 Å². The Kier molecular flexibility index (Phi) is 8.01. The molecule has 0 radical (unpaired) electrons. The quantitative estimate of drug-likeness (QED) is 0.257. The molecule has 9 heteroatoms. The molecule has 2 amide bonds. The molecule has 0 bridgehead atoms. The van der Waals surface area contributed by atoms with Crippen LogP contribution in [0.2, 0.25) is 0 Å². The van der Waals surface area contributed by atoms with Gasteiger partial charge in [-0.15, -0.1) is 11.8 Å². The predicted molar refractivity (Wildman–Crippen MR) is 118 cm³/mol. The van der Waals surface area contributed by atoms with Crippen LogP contribution < -0.4 is 5.32 Å². The minimum atomic E-state index is -0.664. The first kappa shape index (κ1) is 22.5. The molecule has 3 rings (SSSR count). The van der Waals surface area contributed by atoms with Crippen LogP contribution in [0.25, 0.3) is 0 Å². The molecule has 1 saturated heterocycles. The van der Waals surface area contributed by atoms with Gasteiger partial charge in [-0.3, -0.25) is 14.5 Å². The van der Waals surface area contributed by atoms with Gasteiger partial charge in [-0.25, -0.2) is 4.79 Å². The Morgan fingerprint density at radius 1 is 1.37 bits per heavy atom. The number of rotatable bonds is 9. The molecule has 2 unspecified atom stereocenters. The number of nitrogens with one attached hydrogen (secondary N) is 1. The molecule has 2 aliphatic rings. The van der Waals surface area contributed by atoms with Gasteiger partial charge in [0, 0.05) is 17.3 Å². The van der Waals surface area contributed by atoms with Crippen LogP contribution in [0.3, 0.4) is 0 Å². The number of hydrogen-bond acceptors (Lipinski definition) is 7. The van der Waals surface area contributed by atoms with E-state index in [9.17, 15) is 14.4 Å². The lowest BCUT2D eigenvalue weighted by molar-refractivity contribution is -0.150. The van der Waals surface area contributed by atoms with E-state index < -0.39 is 12.0 Å². The van der Waals surface area contributed by atoms with Gasteiger partial charge in [0.25, 0.3) is 5.91 Å². The molecule has 2 atom stereocenters. The normalized spacial score (nSPS) is 20.7. The first-order valence-electron chi connectivity index (χ1n) is 9.57. The van der Waals surface area contributed by atoms with E-state index in [1.165, 1.54) is 34.7 Å². The Bertz CT molecular complexity index is 856. The summed E-state index contributed by atoms with van der Waals surface area (Å²) in [6, 6.07) is 8.66. The number of aliphatic hydroxyl groups is 1. The third kappa shape index (κ3) is 5.08. The predicted octanol–water partition coefficient (Wildman–Crippen LogP) is 1.69. The Morgan fingerprint density at radius 3 is 2.83 bits per heavy atom. The van der Waals surface area contributed by atoms with Crippen molar-refractivity contribution in [1.82, 2.24) is 10.2 Å². The van der Waals surface area contributed by atoms with Crippen LogP contribution in [-0.2, 0) is 25.5 Å². The monoisotopic (exact) mass is 448 g/mol. The molecule has 0 saturated carbocycles. The van der Waals surface area contributed by atoms with Crippen molar-refractivity contribution >= 4 is 41.3 Å². The zero-order valence-corrected chi connectivity index (χ0v) is 18.2. The van der Waals surface area contributed by atoms with Gasteiger partial charge in [0.15, 0.2) is 0 Å². The Balaban J connectivity index is 1.71. The lowest BCUT2D eigenvalue weighted by Gasteiger charge is -2.49. The van der Waals surface area contributed by atoms with E-state index in [0.717, 1.165) is 11.1 Å². The minimum Gasteiger partial charge on any atom is -0.430 e. The highest BCUT2D eigenvalue weighted by Gasteiger charge is 2.54. The number of amides is 2. The maximum absolute atomic E-state index is 12.8. The summed E-state index contributed by atoms with van der Waals surface area (Å²) in [4.78, 5) is 39.3. The first-order valence-corrected chi connectivity index (χ1v) is 11.8. The number of nitrogens with zero attached hydrogens (tertiary/aromatic N) is 1. The maximum Gasteiger partial charge on any atom is 0.359 e. The summed E-state index contributed by atoms with van der Waals surface area (Å²) < 4.78 is 5.14. The highest BCUT2D eigenvalue weighted by Crippen LogP contribution is 2.41. The number of esters is 1. The molecule has 160 valence electrons. The second kappa shape index (κ2) is 10.7. The molecular weight excluding hydrogens is 424 g/mol. The maximum atomic E-state index is 12.8. The number of hydrogen-bond donors (Lipinski definition) is 2. The molecule has 2 heterocycles. The van der Waals surface area contributed by atoms with E-state index in [0.29, 0.717) is 17.3 Å². The van der Waals surface area contributed by atoms with Crippen LogP contribution >= 0.6 is 23.5 Å². The minimum absolute atomic E-state index is 0.0459. The standard InChI is InChI=1S/C21H24N2O5S2/c1-2-9-28-21(27)18-15(12-29-10-8-24)13-30-20-17(19(26)23(18)20)22-16(25)11-14-6-4-3-5-7-14/h2-7,9,17,20,24H,8,10-13H2,1H3,(H,22,25)/b9-2+. The average Bonchev–Trinajstić information content (AvgIpc) is 2.76. The van der Waals surface area contributed by atoms with Crippen molar-refractivity contribution < 1.29 is 24.2 Å². The van der Waals surface area contributed by atoms with Crippen LogP contribution in [0.15, 0.2) is 53.9 Å². The van der Waals surface area contributed by atoms with Gasteiger partial charge in [-0.2, -0.15) is 11.8 Å². The number of allylic oxidation sites excluding steroid dienone is 1. The Hall–Kier alpha value is -2.23. The van der Waals surface area contributed by atoms with Crippen molar-refractivity contribution in [3.63, 3.8) is 0 Å². The molecule has 2 N–H and O–H groups in total. The van der Waals surface area contributed by atoms with Gasteiger partial charge >= 0.3 is 5.97 Å². The summed E-state index contributed by atoms with van der Waals surface area (Å²) in [7, 11) is 0. The molecule has 1 aromatic carbocycles. The summed E-state index contributed by atoms with van der Waals surface area (Å²) >= 11 is 3.01. The van der Waals surface area contributed by atoms with E-state index >= 15 is 0 Å². The summed E-state index contributed by atoms with van der Waals surface area (Å²) in [5.74, 6) is 0.492. The molecular formula is C21H24N2O5S2. The molecule has 0 aliphatic carbocycles. The van der Waals surface area contributed by atoms with Crippen molar-refractivity contribution in [3.05, 3.63) is 59.5 Å². The average molecular weight is 449 g/mol. The highest BCUT2D eigenvalue weighted by molar-refractivity contribution is 8.01. The number of thioether (sulfide) groups is 2. The zero-order valence-electron chi connectivity index (χ0n) is 16.6. The summed E-state index contributed by atoms with van der Waals surface area (Å²) in [6.45, 7) is 1.77. The van der Waals surface area contributed by atoms with E-state index in [-0.39, 0.29) is 35.9 Å². The molecule has 1 fully saturated rings. The summed E-state index contributed by atoms with van der Waals surface area (Å²) in [5.41, 5.74) is 1.92. The zero-order chi connectivity index (χ0) is 21.5. The van der Waals surface area contributed by atoms with Crippen LogP contribution in [-0.4, -0.2) is 63.1 Å². The number of ether oxygens (including phenoxy) is 1. The van der Waals surface area contributed by atoms with Gasteiger partial charge in [0.05, 0.1) is 19.3 Å². The van der Waals surface area contributed by atoms with Gasteiger partial charge in [-0.1, -0.05) is 36.4 Å². The van der Waals surface area contributed by atoms with E-state index in [2.05, 4.69) is 5.32 Å². The number of benzene rings is 1. The second-order valence-corrected chi connectivity index (χ2v) is 8.93. The first-order chi connectivity index (χ1) is 14.6. The van der Waals surface area contributed by atoms with E-state index in [1.54, 1.807) is 13.0 Å². The van der Waals surface area contributed by atoms with Crippen molar-refractivity contribution in [2.75, 3.05) is 23.9 Å². The largest absolute Gasteiger partial charge is 0.430 e. The second-order valence-electron chi connectivity index (χ2n) is 6.72. The smallest absolute Gasteiger partial charge is 0.359 e.